The van der Waals surface area contributed by atoms with Crippen LogP contribution in [0.1, 0.15) is 48.6 Å². The Balaban J connectivity index is 1.33. The fourth-order valence-corrected chi connectivity index (χ4v) is 4.76. The van der Waals surface area contributed by atoms with Crippen molar-refractivity contribution in [3.63, 3.8) is 0 Å². The Bertz CT molecular complexity index is 964. The number of hydrogen-bond donors (Lipinski definition) is 2. The lowest BCUT2D eigenvalue weighted by Gasteiger charge is -2.18. The minimum Gasteiger partial charge on any atom is -0.334 e. The Kier molecular flexibility index (Phi) is 6.20. The van der Waals surface area contributed by atoms with Gasteiger partial charge in [0.1, 0.15) is 5.82 Å². The molecule has 0 atom stereocenters. The van der Waals surface area contributed by atoms with Gasteiger partial charge in [-0.1, -0.05) is 49.6 Å². The fourth-order valence-electron chi connectivity index (χ4n) is 3.67. The van der Waals surface area contributed by atoms with Gasteiger partial charge in [0, 0.05) is 29.9 Å². The van der Waals surface area contributed by atoms with Crippen molar-refractivity contribution in [3.05, 3.63) is 71.1 Å². The molecule has 0 unspecified atom stereocenters. The van der Waals surface area contributed by atoms with Gasteiger partial charge in [-0.15, -0.1) is 11.3 Å². The van der Waals surface area contributed by atoms with Gasteiger partial charge in [0.2, 0.25) is 0 Å². The topological polar surface area (TPSA) is 54.0 Å². The van der Waals surface area contributed by atoms with E-state index in [2.05, 4.69) is 15.6 Å². The zero-order valence-electron chi connectivity index (χ0n) is 16.2. The highest BCUT2D eigenvalue weighted by molar-refractivity contribution is 7.15. The fraction of sp³-hybridized carbons (Fsp3) is 0.304. The van der Waals surface area contributed by atoms with E-state index in [1.165, 1.54) is 43.2 Å². The monoisotopic (exact) mass is 409 g/mol. The normalized spacial score (nSPS) is 14.5. The first kappa shape index (κ1) is 19.6. The summed E-state index contributed by atoms with van der Waals surface area (Å²) in [6.45, 7) is 0.140. The third kappa shape index (κ3) is 5.01. The number of thiazole rings is 1. The summed E-state index contributed by atoms with van der Waals surface area (Å²) in [4.78, 5) is 17.9. The molecule has 4 rings (SSSR count). The molecule has 3 aromatic rings. The van der Waals surface area contributed by atoms with Gasteiger partial charge in [-0.3, -0.25) is 0 Å². The van der Waals surface area contributed by atoms with Gasteiger partial charge >= 0.3 is 6.03 Å². The molecule has 29 heavy (non-hydrogen) atoms. The second-order valence-electron chi connectivity index (χ2n) is 7.37. The molecular weight excluding hydrogens is 385 g/mol. The first-order chi connectivity index (χ1) is 14.2. The van der Waals surface area contributed by atoms with Gasteiger partial charge in [-0.25, -0.2) is 14.2 Å². The van der Waals surface area contributed by atoms with Gasteiger partial charge in [0.05, 0.1) is 9.88 Å². The highest BCUT2D eigenvalue weighted by Gasteiger charge is 2.19. The molecule has 2 N–H and O–H groups in total. The van der Waals surface area contributed by atoms with Crippen molar-refractivity contribution in [1.82, 2.24) is 10.3 Å². The number of amides is 2. The van der Waals surface area contributed by atoms with Crippen LogP contribution in [-0.2, 0) is 6.54 Å². The van der Waals surface area contributed by atoms with E-state index in [9.17, 15) is 9.18 Å². The molecule has 150 valence electrons. The lowest BCUT2D eigenvalue weighted by molar-refractivity contribution is 0.251. The zero-order chi connectivity index (χ0) is 20.1. The van der Waals surface area contributed by atoms with E-state index >= 15 is 0 Å². The van der Waals surface area contributed by atoms with Crippen LogP contribution in [0.5, 0.6) is 0 Å². The summed E-state index contributed by atoms with van der Waals surface area (Å²) >= 11 is 1.77. The number of urea groups is 1. The van der Waals surface area contributed by atoms with Crippen LogP contribution in [0.15, 0.2) is 54.7 Å². The van der Waals surface area contributed by atoms with Crippen molar-refractivity contribution in [2.75, 3.05) is 5.32 Å². The van der Waals surface area contributed by atoms with Crippen molar-refractivity contribution < 1.29 is 9.18 Å². The second-order valence-corrected chi connectivity index (χ2v) is 8.44. The SMILES string of the molecule is O=C(NCc1ccccc1F)Nc1ccc(-c2cnc(C3CCCCC3)s2)cc1. The number of benzene rings is 2. The van der Waals surface area contributed by atoms with Gasteiger partial charge in [-0.2, -0.15) is 0 Å². The average Bonchev–Trinajstić information content (AvgIpc) is 3.25. The summed E-state index contributed by atoms with van der Waals surface area (Å²) in [5.41, 5.74) is 2.25. The summed E-state index contributed by atoms with van der Waals surface area (Å²) in [7, 11) is 0. The molecule has 2 amide bonds. The molecule has 1 fully saturated rings. The summed E-state index contributed by atoms with van der Waals surface area (Å²) in [5.74, 6) is 0.288. The van der Waals surface area contributed by atoms with Crippen LogP contribution in [0, 0.1) is 5.82 Å². The summed E-state index contributed by atoms with van der Waals surface area (Å²) in [6.07, 6.45) is 8.41. The number of rotatable bonds is 5. The molecule has 1 heterocycles. The number of halogens is 1. The maximum Gasteiger partial charge on any atom is 0.319 e. The molecule has 6 heteroatoms. The number of hydrogen-bond acceptors (Lipinski definition) is 3. The van der Waals surface area contributed by atoms with Crippen molar-refractivity contribution in [1.29, 1.82) is 0 Å². The maximum absolute atomic E-state index is 13.6. The number of carbonyl (C=O) groups excluding carboxylic acids is 1. The van der Waals surface area contributed by atoms with Gasteiger partial charge in [-0.05, 0) is 36.6 Å². The number of aromatic nitrogens is 1. The molecule has 0 bridgehead atoms. The first-order valence-electron chi connectivity index (χ1n) is 10.0. The van der Waals surface area contributed by atoms with Crippen LogP contribution in [-0.4, -0.2) is 11.0 Å². The third-order valence-electron chi connectivity index (χ3n) is 5.30. The van der Waals surface area contributed by atoms with Crippen LogP contribution in [0.4, 0.5) is 14.9 Å². The largest absolute Gasteiger partial charge is 0.334 e. The Morgan fingerprint density at radius 1 is 1.07 bits per heavy atom. The molecule has 1 aromatic heterocycles. The smallest absolute Gasteiger partial charge is 0.319 e. The maximum atomic E-state index is 13.6. The Labute approximate surface area is 174 Å². The van der Waals surface area contributed by atoms with Crippen LogP contribution in [0.25, 0.3) is 10.4 Å². The quantitative estimate of drug-likeness (QED) is 0.518. The molecular formula is C23H24FN3OS. The van der Waals surface area contributed by atoms with Crippen molar-refractivity contribution >= 4 is 23.1 Å². The zero-order valence-corrected chi connectivity index (χ0v) is 17.0. The standard InChI is InChI=1S/C23H24FN3OS/c24-20-9-5-4-8-18(20)14-26-23(28)27-19-12-10-16(11-13-19)21-15-25-22(29-21)17-6-2-1-3-7-17/h4-5,8-13,15,17H,1-3,6-7,14H2,(H2,26,27,28). The van der Waals surface area contributed by atoms with Crippen LogP contribution >= 0.6 is 11.3 Å². The molecule has 0 saturated heterocycles. The number of carbonyl (C=O) groups is 1. The molecule has 1 aliphatic rings. The van der Waals surface area contributed by atoms with Crippen molar-refractivity contribution in [2.45, 2.75) is 44.6 Å². The Morgan fingerprint density at radius 2 is 1.83 bits per heavy atom. The van der Waals surface area contributed by atoms with E-state index in [4.69, 9.17) is 0 Å². The minimum absolute atomic E-state index is 0.140. The van der Waals surface area contributed by atoms with Crippen LogP contribution < -0.4 is 10.6 Å². The third-order valence-corrected chi connectivity index (χ3v) is 6.51. The molecule has 0 radical (unpaired) electrons. The minimum atomic E-state index is -0.363. The van der Waals surface area contributed by atoms with Gasteiger partial charge in [0.25, 0.3) is 0 Å². The summed E-state index contributed by atoms with van der Waals surface area (Å²) in [5, 5.41) is 6.70. The van der Waals surface area contributed by atoms with E-state index in [0.717, 1.165) is 10.4 Å². The van der Waals surface area contributed by atoms with E-state index in [0.29, 0.717) is 17.2 Å². The van der Waals surface area contributed by atoms with E-state index in [-0.39, 0.29) is 18.4 Å². The number of nitrogens with zero attached hydrogens (tertiary/aromatic N) is 1. The van der Waals surface area contributed by atoms with Crippen LogP contribution in [0.2, 0.25) is 0 Å². The highest BCUT2D eigenvalue weighted by Crippen LogP contribution is 2.37. The predicted molar refractivity (Wildman–Crippen MR) is 116 cm³/mol. The van der Waals surface area contributed by atoms with E-state index in [1.54, 1.807) is 29.5 Å². The second kappa shape index (κ2) is 9.18. The summed E-state index contributed by atoms with van der Waals surface area (Å²) < 4.78 is 13.6. The van der Waals surface area contributed by atoms with E-state index < -0.39 is 0 Å². The molecule has 1 aliphatic carbocycles. The Morgan fingerprint density at radius 3 is 2.59 bits per heavy atom. The van der Waals surface area contributed by atoms with Crippen molar-refractivity contribution in [3.8, 4) is 10.4 Å². The number of anilines is 1. The molecule has 0 aliphatic heterocycles. The first-order valence-corrected chi connectivity index (χ1v) is 10.8. The molecule has 1 saturated carbocycles. The average molecular weight is 410 g/mol. The summed E-state index contributed by atoms with van der Waals surface area (Å²) in [6, 6.07) is 13.8. The molecule has 4 nitrogen and oxygen atoms in total. The number of nitrogens with one attached hydrogen (secondary N) is 2. The lowest BCUT2D eigenvalue weighted by atomic mass is 9.90. The highest BCUT2D eigenvalue weighted by atomic mass is 32.1. The van der Waals surface area contributed by atoms with Crippen LogP contribution in [0.3, 0.4) is 0 Å². The van der Waals surface area contributed by atoms with Gasteiger partial charge < -0.3 is 10.6 Å². The Hall–Kier alpha value is -2.73. The van der Waals surface area contributed by atoms with Crippen molar-refractivity contribution in [2.24, 2.45) is 0 Å². The van der Waals surface area contributed by atoms with Gasteiger partial charge in [0.15, 0.2) is 0 Å². The molecule has 0 spiro atoms. The molecule has 2 aromatic carbocycles. The lowest BCUT2D eigenvalue weighted by Crippen LogP contribution is -2.28. The van der Waals surface area contributed by atoms with E-state index in [1.807, 2.05) is 30.5 Å². The predicted octanol–water partition coefficient (Wildman–Crippen LogP) is 6.32.